The highest BCUT2D eigenvalue weighted by atomic mass is 15.1. The molecule has 0 aliphatic carbocycles. The lowest BCUT2D eigenvalue weighted by atomic mass is 9.94. The van der Waals surface area contributed by atoms with Crippen molar-refractivity contribution in [1.29, 1.82) is 0 Å². The number of hydrogen-bond donors (Lipinski definition) is 1. The second-order valence-corrected chi connectivity index (χ2v) is 6.08. The van der Waals surface area contributed by atoms with Gasteiger partial charge in [-0.3, -0.25) is 0 Å². The van der Waals surface area contributed by atoms with Crippen LogP contribution in [0.15, 0.2) is 6.07 Å². The van der Waals surface area contributed by atoms with Crippen LogP contribution in [0.1, 0.15) is 49.8 Å². The van der Waals surface area contributed by atoms with Gasteiger partial charge in [0.1, 0.15) is 5.82 Å². The standard InChI is InChI=1S/C14H24N4/c1-10-8-12(11-6-5-7-18(4)9-11)17-13(16-10)14(2,3)15/h8,11H,5-7,9,15H2,1-4H3. The Labute approximate surface area is 110 Å². The van der Waals surface area contributed by atoms with E-state index in [1.165, 1.54) is 19.4 Å². The molecule has 1 unspecified atom stereocenters. The molecule has 1 aromatic heterocycles. The Morgan fingerprint density at radius 3 is 2.72 bits per heavy atom. The van der Waals surface area contributed by atoms with Crippen LogP contribution in [0.4, 0.5) is 0 Å². The van der Waals surface area contributed by atoms with Crippen LogP contribution in [-0.4, -0.2) is 35.0 Å². The predicted octanol–water partition coefficient (Wildman–Crippen LogP) is 1.79. The molecule has 1 aliphatic rings. The predicted molar refractivity (Wildman–Crippen MR) is 73.5 cm³/mol. The second kappa shape index (κ2) is 4.94. The summed E-state index contributed by atoms with van der Waals surface area (Å²) in [7, 11) is 2.17. The fourth-order valence-corrected chi connectivity index (χ4v) is 2.50. The largest absolute Gasteiger partial charge is 0.319 e. The Morgan fingerprint density at radius 2 is 2.11 bits per heavy atom. The average Bonchev–Trinajstić information content (AvgIpc) is 2.27. The molecule has 0 radical (unpaired) electrons. The molecule has 2 N–H and O–H groups in total. The first-order chi connectivity index (χ1) is 8.36. The molecule has 1 aromatic rings. The zero-order valence-electron chi connectivity index (χ0n) is 11.9. The summed E-state index contributed by atoms with van der Waals surface area (Å²) in [6.45, 7) is 8.21. The third-order valence-corrected chi connectivity index (χ3v) is 3.49. The summed E-state index contributed by atoms with van der Waals surface area (Å²) in [6.07, 6.45) is 2.46. The van der Waals surface area contributed by atoms with Gasteiger partial charge in [-0.25, -0.2) is 9.97 Å². The minimum Gasteiger partial charge on any atom is -0.319 e. The van der Waals surface area contributed by atoms with Crippen LogP contribution >= 0.6 is 0 Å². The van der Waals surface area contributed by atoms with Crippen LogP contribution in [0.5, 0.6) is 0 Å². The van der Waals surface area contributed by atoms with Crippen molar-refractivity contribution in [2.45, 2.75) is 45.1 Å². The van der Waals surface area contributed by atoms with Crippen molar-refractivity contribution in [2.75, 3.05) is 20.1 Å². The molecule has 0 bridgehead atoms. The van der Waals surface area contributed by atoms with E-state index in [0.29, 0.717) is 5.92 Å². The summed E-state index contributed by atoms with van der Waals surface area (Å²) in [5, 5.41) is 0. The maximum absolute atomic E-state index is 6.12. The van der Waals surface area contributed by atoms with E-state index in [-0.39, 0.29) is 0 Å². The van der Waals surface area contributed by atoms with E-state index in [2.05, 4.69) is 23.0 Å². The van der Waals surface area contributed by atoms with E-state index in [1.807, 2.05) is 20.8 Å². The van der Waals surface area contributed by atoms with E-state index >= 15 is 0 Å². The summed E-state index contributed by atoms with van der Waals surface area (Å²) < 4.78 is 0. The number of hydrogen-bond acceptors (Lipinski definition) is 4. The van der Waals surface area contributed by atoms with Gasteiger partial charge in [-0.05, 0) is 53.3 Å². The molecule has 0 spiro atoms. The minimum atomic E-state index is -0.471. The molecule has 4 heteroatoms. The van der Waals surface area contributed by atoms with Crippen LogP contribution < -0.4 is 5.73 Å². The molecule has 0 amide bonds. The zero-order valence-corrected chi connectivity index (χ0v) is 11.9. The van der Waals surface area contributed by atoms with E-state index in [0.717, 1.165) is 23.8 Å². The van der Waals surface area contributed by atoms with Crippen molar-refractivity contribution in [2.24, 2.45) is 5.73 Å². The lowest BCUT2D eigenvalue weighted by Crippen LogP contribution is -2.34. The fraction of sp³-hybridized carbons (Fsp3) is 0.714. The molecule has 1 atom stereocenters. The van der Waals surface area contributed by atoms with Crippen LogP contribution in [0.3, 0.4) is 0 Å². The highest BCUT2D eigenvalue weighted by Crippen LogP contribution is 2.26. The zero-order chi connectivity index (χ0) is 13.3. The number of aryl methyl sites for hydroxylation is 1. The first kappa shape index (κ1) is 13.4. The number of piperidine rings is 1. The highest BCUT2D eigenvalue weighted by molar-refractivity contribution is 5.18. The molecule has 18 heavy (non-hydrogen) atoms. The van der Waals surface area contributed by atoms with Gasteiger partial charge in [0.15, 0.2) is 0 Å². The molecule has 1 fully saturated rings. The van der Waals surface area contributed by atoms with E-state index in [4.69, 9.17) is 10.7 Å². The van der Waals surface area contributed by atoms with Crippen LogP contribution in [-0.2, 0) is 5.54 Å². The van der Waals surface area contributed by atoms with Crippen molar-refractivity contribution < 1.29 is 0 Å². The van der Waals surface area contributed by atoms with Gasteiger partial charge in [-0.15, -0.1) is 0 Å². The maximum Gasteiger partial charge on any atom is 0.148 e. The van der Waals surface area contributed by atoms with Crippen molar-refractivity contribution in [3.05, 3.63) is 23.3 Å². The van der Waals surface area contributed by atoms with E-state index in [1.54, 1.807) is 0 Å². The summed E-state index contributed by atoms with van der Waals surface area (Å²) in [5.41, 5.74) is 7.82. The van der Waals surface area contributed by atoms with Gasteiger partial charge in [-0.1, -0.05) is 0 Å². The number of rotatable bonds is 2. The van der Waals surface area contributed by atoms with E-state index < -0.39 is 5.54 Å². The molecule has 2 heterocycles. The molecule has 100 valence electrons. The van der Waals surface area contributed by atoms with Crippen molar-refractivity contribution in [3.63, 3.8) is 0 Å². The molecule has 1 aliphatic heterocycles. The van der Waals surface area contributed by atoms with Gasteiger partial charge in [0.2, 0.25) is 0 Å². The van der Waals surface area contributed by atoms with Crippen molar-refractivity contribution in [1.82, 2.24) is 14.9 Å². The molecule has 0 aromatic carbocycles. The summed E-state index contributed by atoms with van der Waals surface area (Å²) in [6, 6.07) is 2.11. The third-order valence-electron chi connectivity index (χ3n) is 3.49. The SMILES string of the molecule is Cc1cc(C2CCCN(C)C2)nc(C(C)(C)N)n1. The summed E-state index contributed by atoms with van der Waals surface area (Å²) in [5.74, 6) is 1.28. The summed E-state index contributed by atoms with van der Waals surface area (Å²) in [4.78, 5) is 11.5. The van der Waals surface area contributed by atoms with Crippen LogP contribution in [0, 0.1) is 6.92 Å². The number of aromatic nitrogens is 2. The third kappa shape index (κ3) is 3.06. The smallest absolute Gasteiger partial charge is 0.148 e. The fourth-order valence-electron chi connectivity index (χ4n) is 2.50. The lowest BCUT2D eigenvalue weighted by molar-refractivity contribution is 0.247. The number of nitrogens with zero attached hydrogens (tertiary/aromatic N) is 3. The van der Waals surface area contributed by atoms with Crippen LogP contribution in [0.2, 0.25) is 0 Å². The Hall–Kier alpha value is -1.00. The Morgan fingerprint density at radius 1 is 1.39 bits per heavy atom. The average molecular weight is 248 g/mol. The molecule has 1 saturated heterocycles. The molecule has 4 nitrogen and oxygen atoms in total. The first-order valence-corrected chi connectivity index (χ1v) is 6.70. The molecule has 2 rings (SSSR count). The summed E-state index contributed by atoms with van der Waals surface area (Å²) >= 11 is 0. The monoisotopic (exact) mass is 248 g/mol. The Bertz CT molecular complexity index is 422. The number of nitrogens with two attached hydrogens (primary N) is 1. The van der Waals surface area contributed by atoms with Crippen molar-refractivity contribution in [3.8, 4) is 0 Å². The Kier molecular flexibility index (Phi) is 3.69. The van der Waals surface area contributed by atoms with Crippen LogP contribution in [0.25, 0.3) is 0 Å². The normalized spacial score (nSPS) is 22.2. The quantitative estimate of drug-likeness (QED) is 0.867. The second-order valence-electron chi connectivity index (χ2n) is 6.08. The minimum absolute atomic E-state index is 0.471. The maximum atomic E-state index is 6.12. The number of likely N-dealkylation sites (N-methyl/N-ethyl adjacent to an activating group) is 1. The molecular weight excluding hydrogens is 224 g/mol. The van der Waals surface area contributed by atoms with Crippen molar-refractivity contribution >= 4 is 0 Å². The number of likely N-dealkylation sites (tertiary alicyclic amines) is 1. The Balaban J connectivity index is 2.30. The highest BCUT2D eigenvalue weighted by Gasteiger charge is 2.24. The first-order valence-electron chi connectivity index (χ1n) is 6.70. The van der Waals surface area contributed by atoms with Gasteiger partial charge in [0, 0.05) is 23.9 Å². The van der Waals surface area contributed by atoms with Gasteiger partial charge in [-0.2, -0.15) is 0 Å². The van der Waals surface area contributed by atoms with Gasteiger partial charge in [0.05, 0.1) is 5.54 Å². The van der Waals surface area contributed by atoms with Gasteiger partial charge < -0.3 is 10.6 Å². The molecule has 0 saturated carbocycles. The van der Waals surface area contributed by atoms with Gasteiger partial charge >= 0.3 is 0 Å². The topological polar surface area (TPSA) is 55.0 Å². The van der Waals surface area contributed by atoms with E-state index in [9.17, 15) is 0 Å². The molecular formula is C14H24N4. The van der Waals surface area contributed by atoms with Gasteiger partial charge in [0.25, 0.3) is 0 Å². The lowest BCUT2D eigenvalue weighted by Gasteiger charge is -2.30.